The number of piperidine rings is 1. The first kappa shape index (κ1) is 15.0. The first-order chi connectivity index (χ1) is 9.55. The summed E-state index contributed by atoms with van der Waals surface area (Å²) in [7, 11) is 0. The molecule has 2 unspecified atom stereocenters. The number of nitrogens with two attached hydrogens (primary N) is 1. The van der Waals surface area contributed by atoms with Crippen LogP contribution in [0.25, 0.3) is 0 Å². The highest BCUT2D eigenvalue weighted by Gasteiger charge is 2.30. The molecule has 110 valence electrons. The van der Waals surface area contributed by atoms with Gasteiger partial charge in [0.15, 0.2) is 0 Å². The van der Waals surface area contributed by atoms with Gasteiger partial charge in [-0.3, -0.25) is 4.79 Å². The average Bonchev–Trinajstić information content (AvgIpc) is 2.44. The van der Waals surface area contributed by atoms with Gasteiger partial charge >= 0.3 is 0 Å². The van der Waals surface area contributed by atoms with Crippen molar-refractivity contribution in [1.82, 2.24) is 4.90 Å². The smallest absolute Gasteiger partial charge is 0.254 e. The van der Waals surface area contributed by atoms with Gasteiger partial charge < -0.3 is 10.6 Å². The summed E-state index contributed by atoms with van der Waals surface area (Å²) < 4.78 is 0. The van der Waals surface area contributed by atoms with Crippen molar-refractivity contribution >= 4 is 5.91 Å². The molecule has 1 aromatic carbocycles. The molecule has 3 nitrogen and oxygen atoms in total. The van der Waals surface area contributed by atoms with Gasteiger partial charge in [-0.05, 0) is 44.7 Å². The van der Waals surface area contributed by atoms with Crippen molar-refractivity contribution in [1.29, 1.82) is 0 Å². The Morgan fingerprint density at radius 2 is 1.95 bits per heavy atom. The van der Waals surface area contributed by atoms with Gasteiger partial charge in [-0.25, -0.2) is 0 Å². The van der Waals surface area contributed by atoms with Crippen LogP contribution >= 0.6 is 0 Å². The fraction of sp³-hybridized carbons (Fsp3) is 0.588. The second kappa shape index (κ2) is 6.40. The number of nitrogens with zero attached hydrogens (tertiary/aromatic N) is 1. The Morgan fingerprint density at radius 1 is 1.30 bits per heavy atom. The Kier molecular flexibility index (Phi) is 4.81. The lowest BCUT2D eigenvalue weighted by Gasteiger charge is -2.39. The van der Waals surface area contributed by atoms with Crippen molar-refractivity contribution in [2.45, 2.75) is 46.1 Å². The maximum atomic E-state index is 12.7. The number of carbonyl (C=O) groups excluding carboxylic acids is 1. The van der Waals surface area contributed by atoms with Crippen LogP contribution in [0.4, 0.5) is 0 Å². The Morgan fingerprint density at radius 3 is 2.50 bits per heavy atom. The molecule has 1 aliphatic heterocycles. The van der Waals surface area contributed by atoms with Crippen molar-refractivity contribution in [2.75, 3.05) is 13.1 Å². The summed E-state index contributed by atoms with van der Waals surface area (Å²) in [4.78, 5) is 14.7. The van der Waals surface area contributed by atoms with E-state index in [-0.39, 0.29) is 11.9 Å². The molecule has 1 aliphatic rings. The summed E-state index contributed by atoms with van der Waals surface area (Å²) in [6.07, 6.45) is 3.33. The number of aryl methyl sites for hydroxylation is 2. The van der Waals surface area contributed by atoms with Crippen LogP contribution in [0.2, 0.25) is 0 Å². The van der Waals surface area contributed by atoms with Crippen LogP contribution in [0, 0.1) is 19.8 Å². The van der Waals surface area contributed by atoms with E-state index in [1.165, 1.54) is 6.42 Å². The molecule has 2 rings (SSSR count). The average molecular weight is 274 g/mol. The minimum atomic E-state index is 0.141. The minimum absolute atomic E-state index is 0.141. The number of benzene rings is 1. The molecular formula is C17H26N2O. The fourth-order valence-electron chi connectivity index (χ4n) is 3.26. The quantitative estimate of drug-likeness (QED) is 0.921. The molecule has 2 N–H and O–H groups in total. The Labute approximate surface area is 122 Å². The lowest BCUT2D eigenvalue weighted by molar-refractivity contribution is 0.0558. The molecule has 2 atom stereocenters. The number of amides is 1. The molecule has 1 saturated heterocycles. The van der Waals surface area contributed by atoms with Crippen molar-refractivity contribution in [3.8, 4) is 0 Å². The van der Waals surface area contributed by atoms with E-state index in [0.717, 1.165) is 36.1 Å². The normalized spacial score (nSPS) is 22.9. The van der Waals surface area contributed by atoms with Crippen molar-refractivity contribution in [2.24, 2.45) is 11.7 Å². The second-order valence-electron chi connectivity index (χ2n) is 6.06. The van der Waals surface area contributed by atoms with Crippen LogP contribution in [0.3, 0.4) is 0 Å². The van der Waals surface area contributed by atoms with Crippen molar-refractivity contribution in [3.05, 3.63) is 34.9 Å². The van der Waals surface area contributed by atoms with Crippen LogP contribution in [-0.4, -0.2) is 29.9 Å². The SMILES string of the molecule is CCC1CCN(C(=O)c2cc(C)cc(C)c2)C(CN)C1. The number of likely N-dealkylation sites (tertiary alicyclic amines) is 1. The van der Waals surface area contributed by atoms with Gasteiger partial charge in [0.05, 0.1) is 0 Å². The number of carbonyl (C=O) groups is 1. The second-order valence-corrected chi connectivity index (χ2v) is 6.06. The van der Waals surface area contributed by atoms with E-state index in [1.807, 2.05) is 30.9 Å². The Balaban J connectivity index is 2.19. The number of rotatable bonds is 3. The van der Waals surface area contributed by atoms with Gasteiger partial charge in [0, 0.05) is 24.7 Å². The van der Waals surface area contributed by atoms with Gasteiger partial charge in [0.2, 0.25) is 0 Å². The zero-order valence-electron chi connectivity index (χ0n) is 12.9. The third kappa shape index (κ3) is 3.21. The highest BCUT2D eigenvalue weighted by atomic mass is 16.2. The maximum absolute atomic E-state index is 12.7. The molecule has 1 amide bonds. The van der Waals surface area contributed by atoms with E-state index in [2.05, 4.69) is 13.0 Å². The molecule has 0 aromatic heterocycles. The van der Waals surface area contributed by atoms with Crippen molar-refractivity contribution < 1.29 is 4.79 Å². The molecule has 1 fully saturated rings. The summed E-state index contributed by atoms with van der Waals surface area (Å²) in [5, 5.41) is 0. The van der Waals surface area contributed by atoms with Gasteiger partial charge in [0.1, 0.15) is 0 Å². The zero-order chi connectivity index (χ0) is 14.7. The summed E-state index contributed by atoms with van der Waals surface area (Å²) in [5.41, 5.74) is 8.97. The molecule has 1 aromatic rings. The third-order valence-corrected chi connectivity index (χ3v) is 4.40. The highest BCUT2D eigenvalue weighted by Crippen LogP contribution is 2.26. The predicted molar refractivity (Wildman–Crippen MR) is 82.8 cm³/mol. The monoisotopic (exact) mass is 274 g/mol. The van der Waals surface area contributed by atoms with E-state index in [9.17, 15) is 4.79 Å². The van der Waals surface area contributed by atoms with E-state index in [4.69, 9.17) is 5.73 Å². The standard InChI is InChI=1S/C17H26N2O/c1-4-14-5-6-19(16(10-14)11-18)17(20)15-8-12(2)7-13(3)9-15/h7-9,14,16H,4-6,10-11,18H2,1-3H3. The largest absolute Gasteiger partial charge is 0.334 e. The highest BCUT2D eigenvalue weighted by molar-refractivity contribution is 5.95. The van der Waals surface area contributed by atoms with Crippen LogP contribution in [0.1, 0.15) is 47.7 Å². The fourth-order valence-corrected chi connectivity index (χ4v) is 3.26. The molecule has 3 heteroatoms. The topological polar surface area (TPSA) is 46.3 Å². The van der Waals surface area contributed by atoms with E-state index in [1.54, 1.807) is 0 Å². The molecular weight excluding hydrogens is 248 g/mol. The van der Waals surface area contributed by atoms with Gasteiger partial charge in [-0.2, -0.15) is 0 Å². The Hall–Kier alpha value is -1.35. The van der Waals surface area contributed by atoms with Crippen LogP contribution in [0.5, 0.6) is 0 Å². The van der Waals surface area contributed by atoms with E-state index < -0.39 is 0 Å². The molecule has 0 saturated carbocycles. The maximum Gasteiger partial charge on any atom is 0.254 e. The zero-order valence-corrected chi connectivity index (χ0v) is 12.9. The molecule has 1 heterocycles. The van der Waals surface area contributed by atoms with Crippen LogP contribution < -0.4 is 5.73 Å². The van der Waals surface area contributed by atoms with Crippen molar-refractivity contribution in [3.63, 3.8) is 0 Å². The lowest BCUT2D eigenvalue weighted by Crippen LogP contribution is -2.49. The van der Waals surface area contributed by atoms with Gasteiger partial charge in [-0.1, -0.05) is 30.5 Å². The first-order valence-corrected chi connectivity index (χ1v) is 7.64. The minimum Gasteiger partial charge on any atom is -0.334 e. The molecule has 0 aliphatic carbocycles. The first-order valence-electron chi connectivity index (χ1n) is 7.64. The van der Waals surface area contributed by atoms with Crippen LogP contribution in [-0.2, 0) is 0 Å². The summed E-state index contributed by atoms with van der Waals surface area (Å²) >= 11 is 0. The molecule has 0 radical (unpaired) electrons. The van der Waals surface area contributed by atoms with Gasteiger partial charge in [-0.15, -0.1) is 0 Å². The molecule has 0 spiro atoms. The molecule has 20 heavy (non-hydrogen) atoms. The molecule has 0 bridgehead atoms. The summed E-state index contributed by atoms with van der Waals surface area (Å²) in [6, 6.07) is 6.26. The summed E-state index contributed by atoms with van der Waals surface area (Å²) in [6.45, 7) is 7.69. The lowest BCUT2D eigenvalue weighted by atomic mass is 9.88. The summed E-state index contributed by atoms with van der Waals surface area (Å²) in [5.74, 6) is 0.855. The number of hydrogen-bond acceptors (Lipinski definition) is 2. The van der Waals surface area contributed by atoms with E-state index in [0.29, 0.717) is 12.5 Å². The van der Waals surface area contributed by atoms with E-state index >= 15 is 0 Å². The number of hydrogen-bond donors (Lipinski definition) is 1. The third-order valence-electron chi connectivity index (χ3n) is 4.40. The predicted octanol–water partition coefficient (Wildman–Crippen LogP) is 2.89. The van der Waals surface area contributed by atoms with Gasteiger partial charge in [0.25, 0.3) is 5.91 Å². The van der Waals surface area contributed by atoms with Crippen LogP contribution in [0.15, 0.2) is 18.2 Å². The Bertz CT molecular complexity index is 464.